The zero-order valence-electron chi connectivity index (χ0n) is 5.63. The highest BCUT2D eigenvalue weighted by Crippen LogP contribution is 2.29. The van der Waals surface area contributed by atoms with Crippen LogP contribution in [0.25, 0.3) is 0 Å². The second-order valence-electron chi connectivity index (χ2n) is 2.62. The van der Waals surface area contributed by atoms with E-state index in [1.54, 1.807) is 6.20 Å². The number of rotatable bonds is 3. The second kappa shape index (κ2) is 2.33. The Morgan fingerprint density at radius 3 is 3.30 bits per heavy atom. The zero-order chi connectivity index (χ0) is 6.81. The molecule has 53 valence electrons. The SMILES string of the molecule is [c]1n[nH]cc1OCC1CC1. The van der Waals surface area contributed by atoms with Gasteiger partial charge in [0, 0.05) is 0 Å². The summed E-state index contributed by atoms with van der Waals surface area (Å²) in [4.78, 5) is 0. The topological polar surface area (TPSA) is 37.9 Å². The van der Waals surface area contributed by atoms with Crippen molar-refractivity contribution in [1.29, 1.82) is 0 Å². The second-order valence-corrected chi connectivity index (χ2v) is 2.62. The lowest BCUT2D eigenvalue weighted by Gasteiger charge is -1.97. The third-order valence-corrected chi connectivity index (χ3v) is 1.60. The van der Waals surface area contributed by atoms with Gasteiger partial charge >= 0.3 is 0 Å². The normalized spacial score (nSPS) is 17.2. The Kier molecular flexibility index (Phi) is 1.34. The molecule has 0 atom stereocenters. The van der Waals surface area contributed by atoms with E-state index in [4.69, 9.17) is 4.74 Å². The number of hydrogen-bond donors (Lipinski definition) is 1. The molecule has 0 amide bonds. The number of ether oxygens (including phenoxy) is 1. The largest absolute Gasteiger partial charge is 0.489 e. The lowest BCUT2D eigenvalue weighted by atomic mass is 10.5. The summed E-state index contributed by atoms with van der Waals surface area (Å²) >= 11 is 0. The maximum absolute atomic E-state index is 5.32. The van der Waals surface area contributed by atoms with Gasteiger partial charge in [0.2, 0.25) is 0 Å². The Morgan fingerprint density at radius 1 is 1.80 bits per heavy atom. The van der Waals surface area contributed by atoms with E-state index in [1.807, 2.05) is 0 Å². The van der Waals surface area contributed by atoms with Gasteiger partial charge < -0.3 is 4.74 Å². The minimum absolute atomic E-state index is 0.729. The van der Waals surface area contributed by atoms with Crippen molar-refractivity contribution in [2.75, 3.05) is 6.61 Å². The fourth-order valence-corrected chi connectivity index (χ4v) is 0.777. The number of aromatic amines is 1. The minimum atomic E-state index is 0.729. The number of hydrogen-bond acceptors (Lipinski definition) is 2. The van der Waals surface area contributed by atoms with Crippen molar-refractivity contribution >= 4 is 0 Å². The molecule has 1 radical (unpaired) electrons. The van der Waals surface area contributed by atoms with Crippen molar-refractivity contribution in [2.45, 2.75) is 12.8 Å². The fourth-order valence-electron chi connectivity index (χ4n) is 0.777. The molecule has 1 saturated carbocycles. The van der Waals surface area contributed by atoms with Crippen LogP contribution in [0.4, 0.5) is 0 Å². The van der Waals surface area contributed by atoms with Gasteiger partial charge in [-0.05, 0) is 18.8 Å². The van der Waals surface area contributed by atoms with Gasteiger partial charge in [-0.15, -0.1) is 0 Å². The van der Waals surface area contributed by atoms with Gasteiger partial charge in [-0.1, -0.05) is 0 Å². The Hall–Kier alpha value is -0.990. The Morgan fingerprint density at radius 2 is 2.70 bits per heavy atom. The van der Waals surface area contributed by atoms with Gasteiger partial charge in [-0.2, -0.15) is 5.10 Å². The molecule has 1 heterocycles. The van der Waals surface area contributed by atoms with Gasteiger partial charge in [0.25, 0.3) is 0 Å². The monoisotopic (exact) mass is 137 g/mol. The summed E-state index contributed by atoms with van der Waals surface area (Å²) in [5, 5.41) is 6.29. The molecule has 10 heavy (non-hydrogen) atoms. The predicted octanol–water partition coefficient (Wildman–Crippen LogP) is 0.999. The molecule has 1 fully saturated rings. The summed E-state index contributed by atoms with van der Waals surface area (Å²) in [6.07, 6.45) is 7.04. The van der Waals surface area contributed by atoms with Crippen LogP contribution >= 0.6 is 0 Å². The Balaban J connectivity index is 1.79. The van der Waals surface area contributed by atoms with E-state index in [1.165, 1.54) is 12.8 Å². The van der Waals surface area contributed by atoms with Crippen molar-refractivity contribution in [3.8, 4) is 5.75 Å². The van der Waals surface area contributed by atoms with Crippen molar-refractivity contribution in [3.05, 3.63) is 12.4 Å². The van der Waals surface area contributed by atoms with E-state index in [0.29, 0.717) is 0 Å². The van der Waals surface area contributed by atoms with Gasteiger partial charge in [0.1, 0.15) is 0 Å². The highest BCUT2D eigenvalue weighted by atomic mass is 16.5. The van der Waals surface area contributed by atoms with Crippen molar-refractivity contribution in [3.63, 3.8) is 0 Å². The summed E-state index contributed by atoms with van der Waals surface area (Å²) in [7, 11) is 0. The third-order valence-electron chi connectivity index (χ3n) is 1.60. The molecule has 0 unspecified atom stereocenters. The molecule has 1 aromatic rings. The first kappa shape index (κ1) is 5.77. The Bertz CT molecular complexity index is 191. The highest BCUT2D eigenvalue weighted by molar-refractivity contribution is 5.08. The molecule has 0 bridgehead atoms. The van der Waals surface area contributed by atoms with E-state index in [2.05, 4.69) is 16.4 Å². The molecule has 1 aliphatic rings. The van der Waals surface area contributed by atoms with Gasteiger partial charge in [0.05, 0.1) is 12.8 Å². The molecular weight excluding hydrogens is 128 g/mol. The van der Waals surface area contributed by atoms with Gasteiger partial charge in [-0.3, -0.25) is 5.10 Å². The molecule has 1 aliphatic carbocycles. The van der Waals surface area contributed by atoms with E-state index in [9.17, 15) is 0 Å². The molecular formula is C7H9N2O. The van der Waals surface area contributed by atoms with Crippen LogP contribution in [0.1, 0.15) is 12.8 Å². The molecule has 2 rings (SSSR count). The average Bonchev–Trinajstić information content (AvgIpc) is 2.63. The molecule has 0 aromatic carbocycles. The fraction of sp³-hybridized carbons (Fsp3) is 0.571. The quantitative estimate of drug-likeness (QED) is 0.674. The smallest absolute Gasteiger partial charge is 0.166 e. The standard InChI is InChI=1S/C7H9N2O/c1-2-6(1)5-10-7-3-8-9-4-7/h3,6H,1-2,5H2,(H,8,9). The van der Waals surface area contributed by atoms with Crippen LogP contribution < -0.4 is 4.74 Å². The van der Waals surface area contributed by atoms with E-state index < -0.39 is 0 Å². The summed E-state index contributed by atoms with van der Waals surface area (Å²) in [5.74, 6) is 1.52. The highest BCUT2D eigenvalue weighted by Gasteiger charge is 2.21. The lowest BCUT2D eigenvalue weighted by Crippen LogP contribution is -1.97. The Labute approximate surface area is 59.4 Å². The first-order valence-electron chi connectivity index (χ1n) is 3.49. The average molecular weight is 137 g/mol. The van der Waals surface area contributed by atoms with Gasteiger partial charge in [-0.25, -0.2) is 0 Å². The molecule has 3 heteroatoms. The van der Waals surface area contributed by atoms with Crippen molar-refractivity contribution in [1.82, 2.24) is 10.2 Å². The summed E-state index contributed by atoms with van der Waals surface area (Å²) in [6, 6.07) is 0. The van der Waals surface area contributed by atoms with Crippen LogP contribution in [0.2, 0.25) is 0 Å². The minimum Gasteiger partial charge on any atom is -0.489 e. The van der Waals surface area contributed by atoms with Crippen molar-refractivity contribution in [2.24, 2.45) is 5.92 Å². The van der Waals surface area contributed by atoms with E-state index in [0.717, 1.165) is 18.3 Å². The van der Waals surface area contributed by atoms with Crippen LogP contribution in [0.3, 0.4) is 0 Å². The third kappa shape index (κ3) is 1.29. The van der Waals surface area contributed by atoms with Gasteiger partial charge in [0.15, 0.2) is 11.9 Å². The summed E-state index contributed by atoms with van der Waals surface area (Å²) in [5.41, 5.74) is 0. The molecule has 3 nitrogen and oxygen atoms in total. The molecule has 1 N–H and O–H groups in total. The van der Waals surface area contributed by atoms with Crippen LogP contribution in [0.15, 0.2) is 6.20 Å². The van der Waals surface area contributed by atoms with Crippen molar-refractivity contribution < 1.29 is 4.74 Å². The number of H-pyrrole nitrogens is 1. The number of nitrogens with zero attached hydrogens (tertiary/aromatic N) is 1. The maximum atomic E-state index is 5.32. The van der Waals surface area contributed by atoms with E-state index >= 15 is 0 Å². The van der Waals surface area contributed by atoms with Crippen LogP contribution in [0.5, 0.6) is 5.75 Å². The molecule has 0 saturated heterocycles. The first-order chi connectivity index (χ1) is 4.95. The maximum Gasteiger partial charge on any atom is 0.166 e. The van der Waals surface area contributed by atoms with Crippen LogP contribution in [-0.4, -0.2) is 16.8 Å². The molecule has 1 aromatic heterocycles. The van der Waals surface area contributed by atoms with Crippen LogP contribution in [-0.2, 0) is 0 Å². The summed E-state index contributed by atoms with van der Waals surface area (Å²) < 4.78 is 5.32. The molecule has 0 aliphatic heterocycles. The predicted molar refractivity (Wildman–Crippen MR) is 35.6 cm³/mol. The number of nitrogens with one attached hydrogen (secondary N) is 1. The van der Waals surface area contributed by atoms with Crippen LogP contribution in [0, 0.1) is 12.1 Å². The zero-order valence-corrected chi connectivity index (χ0v) is 5.63. The molecule has 0 spiro atoms. The lowest BCUT2D eigenvalue weighted by molar-refractivity contribution is 0.299. The number of aromatic nitrogens is 2. The summed E-state index contributed by atoms with van der Waals surface area (Å²) in [6.45, 7) is 0.829. The first-order valence-corrected chi connectivity index (χ1v) is 3.49. The van der Waals surface area contributed by atoms with E-state index in [-0.39, 0.29) is 0 Å².